The molecule has 3 aromatic rings. The van der Waals surface area contributed by atoms with Gasteiger partial charge in [-0.15, -0.1) is 21.9 Å². The zero-order valence-corrected chi connectivity index (χ0v) is 17.7. The van der Waals surface area contributed by atoms with Gasteiger partial charge in [-0.1, -0.05) is 24.3 Å². The van der Waals surface area contributed by atoms with Gasteiger partial charge in [0.2, 0.25) is 0 Å². The zero-order chi connectivity index (χ0) is 21.8. The van der Waals surface area contributed by atoms with Crippen molar-refractivity contribution in [3.63, 3.8) is 0 Å². The van der Waals surface area contributed by atoms with E-state index in [1.165, 1.54) is 10.5 Å². The molecule has 0 aliphatic heterocycles. The Morgan fingerprint density at radius 2 is 1.87 bits per heavy atom. The summed E-state index contributed by atoms with van der Waals surface area (Å²) >= 11 is 1.87. The average molecular weight is 432 g/mol. The van der Waals surface area contributed by atoms with Crippen molar-refractivity contribution in [1.82, 2.24) is 9.55 Å². The number of nitrogens with zero attached hydrogens (tertiary/aromatic N) is 3. The fourth-order valence-corrected chi connectivity index (χ4v) is 4.10. The number of para-hydroxylation sites is 1. The Morgan fingerprint density at radius 3 is 2.47 bits per heavy atom. The molecule has 8 nitrogen and oxygen atoms in total. The summed E-state index contributed by atoms with van der Waals surface area (Å²) in [6, 6.07) is 16.5. The van der Waals surface area contributed by atoms with Crippen molar-refractivity contribution in [2.45, 2.75) is 29.5 Å². The van der Waals surface area contributed by atoms with Crippen molar-refractivity contribution in [3.05, 3.63) is 82.9 Å². The van der Waals surface area contributed by atoms with Crippen molar-refractivity contribution < 1.29 is 19.8 Å². The van der Waals surface area contributed by atoms with Crippen molar-refractivity contribution in [3.8, 4) is 11.5 Å². The maximum Gasteiger partial charge on any atom is 0.291 e. The monoisotopic (exact) mass is 431 g/mol. The van der Waals surface area contributed by atoms with Gasteiger partial charge in [-0.25, -0.2) is 4.98 Å². The van der Waals surface area contributed by atoms with Gasteiger partial charge in [-0.05, 0) is 42.7 Å². The number of hydrogen-bond acceptors (Lipinski definition) is 6. The van der Waals surface area contributed by atoms with E-state index in [0.29, 0.717) is 5.25 Å². The van der Waals surface area contributed by atoms with Crippen molar-refractivity contribution in [1.29, 1.82) is 0 Å². The predicted molar refractivity (Wildman–Crippen MR) is 115 cm³/mol. The molecule has 2 aromatic carbocycles. The molecular formula is C21H25N3O5S. The van der Waals surface area contributed by atoms with Gasteiger partial charge in [0.1, 0.15) is 11.5 Å². The van der Waals surface area contributed by atoms with Gasteiger partial charge < -0.3 is 19.2 Å². The van der Waals surface area contributed by atoms with Crippen LogP contribution in [0.1, 0.15) is 12.0 Å². The van der Waals surface area contributed by atoms with Crippen molar-refractivity contribution in [2.24, 2.45) is 0 Å². The van der Waals surface area contributed by atoms with Crippen molar-refractivity contribution >= 4 is 11.8 Å². The number of methoxy groups -OCH3 is 2. The summed E-state index contributed by atoms with van der Waals surface area (Å²) in [4.78, 5) is 13.7. The molecule has 0 saturated heterocycles. The highest BCUT2D eigenvalue weighted by Crippen LogP contribution is 2.34. The standard InChI is InChI=1S/C21H24N2O2S.HNO3/c1-24-18-10-7-17(8-11-18)9-12-19(15-23-14-13-22-16-23)26-21-6-4-3-5-20(21)25-2;2-1(3)4/h3-8,10-11,13-14,16,19H,9,12,15H2,1-2H3;(H,2,3,4). The Kier molecular flexibility index (Phi) is 9.53. The second-order valence-electron chi connectivity index (χ2n) is 6.27. The van der Waals surface area contributed by atoms with E-state index in [0.717, 1.165) is 30.9 Å². The van der Waals surface area contributed by atoms with E-state index in [-0.39, 0.29) is 0 Å². The van der Waals surface area contributed by atoms with E-state index in [9.17, 15) is 0 Å². The van der Waals surface area contributed by atoms with Gasteiger partial charge >= 0.3 is 0 Å². The van der Waals surface area contributed by atoms with Gasteiger partial charge in [-0.2, -0.15) is 0 Å². The molecular weight excluding hydrogens is 406 g/mol. The zero-order valence-electron chi connectivity index (χ0n) is 16.9. The number of aromatic nitrogens is 2. The molecule has 30 heavy (non-hydrogen) atoms. The number of aryl methyl sites for hydroxylation is 1. The highest BCUT2D eigenvalue weighted by atomic mass is 32.2. The van der Waals surface area contributed by atoms with E-state index in [4.69, 9.17) is 24.8 Å². The molecule has 0 bridgehead atoms. The van der Waals surface area contributed by atoms with Crippen LogP contribution >= 0.6 is 11.8 Å². The molecule has 1 aromatic heterocycles. The van der Waals surface area contributed by atoms with Gasteiger partial charge in [0.05, 0.1) is 20.5 Å². The summed E-state index contributed by atoms with van der Waals surface area (Å²) in [5.74, 6) is 1.82. The lowest BCUT2D eigenvalue weighted by atomic mass is 10.1. The molecule has 1 heterocycles. The summed E-state index contributed by atoms with van der Waals surface area (Å²) in [7, 11) is 3.42. The molecule has 0 fully saturated rings. The molecule has 0 radical (unpaired) electrons. The molecule has 0 amide bonds. The normalized spacial score (nSPS) is 11.1. The third-order valence-electron chi connectivity index (χ3n) is 4.25. The molecule has 3 rings (SSSR count). The molecule has 9 heteroatoms. The van der Waals surface area contributed by atoms with Crippen LogP contribution in [-0.2, 0) is 13.0 Å². The first-order valence-corrected chi connectivity index (χ1v) is 10.1. The van der Waals surface area contributed by atoms with Crippen LogP contribution in [0, 0.1) is 10.1 Å². The summed E-state index contributed by atoms with van der Waals surface area (Å²) in [5, 5.41) is 14.1. The summed E-state index contributed by atoms with van der Waals surface area (Å²) in [6.07, 6.45) is 7.80. The lowest BCUT2D eigenvalue weighted by Crippen LogP contribution is -2.13. The van der Waals surface area contributed by atoms with E-state index in [1.807, 2.05) is 54.7 Å². The SMILES string of the molecule is COc1ccc(CCC(Cn2ccnc2)Sc2ccccc2OC)cc1.O=[N+]([O-])O. The van der Waals surface area contributed by atoms with Crippen LogP contribution in [0.2, 0.25) is 0 Å². The lowest BCUT2D eigenvalue weighted by molar-refractivity contribution is -0.742. The minimum absolute atomic E-state index is 0.419. The number of imidazole rings is 1. The number of thioether (sulfide) groups is 1. The fraction of sp³-hybridized carbons (Fsp3) is 0.286. The van der Waals surface area contributed by atoms with Crippen LogP contribution in [0.15, 0.2) is 72.1 Å². The van der Waals surface area contributed by atoms with Crippen LogP contribution in [0.3, 0.4) is 0 Å². The first kappa shape index (κ1) is 23.1. The quantitative estimate of drug-likeness (QED) is 0.305. The average Bonchev–Trinajstić information content (AvgIpc) is 3.25. The first-order chi connectivity index (χ1) is 14.5. The van der Waals surface area contributed by atoms with Crippen LogP contribution in [0.4, 0.5) is 0 Å². The topological polar surface area (TPSA) is 99.7 Å². The Hall–Kier alpha value is -3.20. The van der Waals surface area contributed by atoms with Gasteiger partial charge in [0.15, 0.2) is 0 Å². The third-order valence-corrected chi connectivity index (χ3v) is 5.56. The maximum atomic E-state index is 8.36. The molecule has 0 aliphatic rings. The second kappa shape index (κ2) is 12.4. The van der Waals surface area contributed by atoms with Gasteiger partial charge in [-0.3, -0.25) is 0 Å². The summed E-state index contributed by atoms with van der Waals surface area (Å²) < 4.78 is 12.9. The Labute approximate surface area is 179 Å². The lowest BCUT2D eigenvalue weighted by Gasteiger charge is -2.19. The number of ether oxygens (including phenoxy) is 2. The number of benzene rings is 2. The second-order valence-corrected chi connectivity index (χ2v) is 7.62. The maximum absolute atomic E-state index is 8.36. The van der Waals surface area contributed by atoms with Crippen molar-refractivity contribution in [2.75, 3.05) is 14.2 Å². The largest absolute Gasteiger partial charge is 0.497 e. The van der Waals surface area contributed by atoms with E-state index in [2.05, 4.69) is 33.8 Å². The summed E-state index contributed by atoms with van der Waals surface area (Å²) in [5.41, 5.74) is 1.32. The van der Waals surface area contributed by atoms with Crippen LogP contribution < -0.4 is 9.47 Å². The molecule has 0 spiro atoms. The van der Waals surface area contributed by atoms with Gasteiger partial charge in [0, 0.05) is 29.1 Å². The Balaban J connectivity index is 0.000000735. The highest BCUT2D eigenvalue weighted by molar-refractivity contribution is 8.00. The minimum Gasteiger partial charge on any atom is -0.497 e. The van der Waals surface area contributed by atoms with Gasteiger partial charge in [0.25, 0.3) is 5.09 Å². The molecule has 1 unspecified atom stereocenters. The van der Waals surface area contributed by atoms with Crippen LogP contribution in [0.5, 0.6) is 11.5 Å². The molecule has 1 atom stereocenters. The number of hydrogen-bond donors (Lipinski definition) is 1. The van der Waals surface area contributed by atoms with E-state index in [1.54, 1.807) is 14.2 Å². The highest BCUT2D eigenvalue weighted by Gasteiger charge is 2.14. The van der Waals surface area contributed by atoms with Crippen LogP contribution in [-0.4, -0.2) is 39.3 Å². The smallest absolute Gasteiger partial charge is 0.291 e. The van der Waals surface area contributed by atoms with E-state index < -0.39 is 5.09 Å². The molecule has 0 aliphatic carbocycles. The third kappa shape index (κ3) is 8.04. The Morgan fingerprint density at radius 1 is 1.17 bits per heavy atom. The molecule has 160 valence electrons. The predicted octanol–water partition coefficient (Wildman–Crippen LogP) is 4.35. The van der Waals surface area contributed by atoms with E-state index >= 15 is 0 Å². The summed E-state index contributed by atoms with van der Waals surface area (Å²) in [6.45, 7) is 0.916. The number of rotatable bonds is 9. The fourth-order valence-electron chi connectivity index (χ4n) is 2.83. The minimum atomic E-state index is -1.50. The molecule has 0 saturated carbocycles. The Bertz CT molecular complexity index is 884. The first-order valence-electron chi connectivity index (χ1n) is 9.23. The molecule has 1 N–H and O–H groups in total. The van der Waals surface area contributed by atoms with Crippen LogP contribution in [0.25, 0.3) is 0 Å².